The van der Waals surface area contributed by atoms with Gasteiger partial charge in [0.05, 0.1) is 13.1 Å². The Bertz CT molecular complexity index is 149. The summed E-state index contributed by atoms with van der Waals surface area (Å²) in [7, 11) is 1.65. The van der Waals surface area contributed by atoms with Crippen LogP contribution in [0.25, 0.3) is 0 Å². The van der Waals surface area contributed by atoms with E-state index in [-0.39, 0.29) is 13.1 Å². The molecule has 2 nitrogen and oxygen atoms in total. The van der Waals surface area contributed by atoms with Gasteiger partial charge in [-0.3, -0.25) is 4.90 Å². The van der Waals surface area contributed by atoms with Gasteiger partial charge < -0.3 is 5.32 Å². The molecule has 0 atom stereocenters. The first kappa shape index (κ1) is 12.5. The summed E-state index contributed by atoms with van der Waals surface area (Å²) in [4.78, 5) is 1.55. The number of nitrogens with one attached hydrogen (secondary N) is 1. The SMILES string of the molecule is C=CCN(C)CC(F)(F)CNCC. The second kappa shape index (κ2) is 6.05. The van der Waals surface area contributed by atoms with Gasteiger partial charge in [0.2, 0.25) is 0 Å². The van der Waals surface area contributed by atoms with Crippen molar-refractivity contribution in [2.45, 2.75) is 12.8 Å². The van der Waals surface area contributed by atoms with E-state index in [1.807, 2.05) is 6.92 Å². The van der Waals surface area contributed by atoms with Gasteiger partial charge in [-0.15, -0.1) is 6.58 Å². The van der Waals surface area contributed by atoms with Crippen LogP contribution in [0.15, 0.2) is 12.7 Å². The van der Waals surface area contributed by atoms with E-state index in [9.17, 15) is 8.78 Å². The molecule has 0 aliphatic carbocycles. The second-order valence-corrected chi connectivity index (χ2v) is 3.12. The van der Waals surface area contributed by atoms with Crippen LogP contribution >= 0.6 is 0 Å². The Morgan fingerprint density at radius 3 is 2.62 bits per heavy atom. The minimum absolute atomic E-state index is 0.230. The van der Waals surface area contributed by atoms with Crippen molar-refractivity contribution in [3.8, 4) is 0 Å². The van der Waals surface area contributed by atoms with Gasteiger partial charge >= 0.3 is 0 Å². The Kier molecular flexibility index (Phi) is 5.82. The van der Waals surface area contributed by atoms with E-state index in [4.69, 9.17) is 0 Å². The van der Waals surface area contributed by atoms with Crippen LogP contribution in [0.3, 0.4) is 0 Å². The maximum absolute atomic E-state index is 13.0. The van der Waals surface area contributed by atoms with Gasteiger partial charge in [0.25, 0.3) is 5.92 Å². The molecule has 0 aliphatic rings. The third-order valence-electron chi connectivity index (χ3n) is 1.58. The predicted molar refractivity (Wildman–Crippen MR) is 51.2 cm³/mol. The number of halogens is 2. The van der Waals surface area contributed by atoms with E-state index in [1.165, 1.54) is 0 Å². The quantitative estimate of drug-likeness (QED) is 0.612. The lowest BCUT2D eigenvalue weighted by atomic mass is 10.3. The Balaban J connectivity index is 3.78. The molecule has 0 bridgehead atoms. The van der Waals surface area contributed by atoms with Crippen molar-refractivity contribution in [3.05, 3.63) is 12.7 Å². The van der Waals surface area contributed by atoms with Crippen molar-refractivity contribution in [1.29, 1.82) is 0 Å². The molecule has 0 spiro atoms. The molecular formula is C9H18F2N2. The first-order valence-corrected chi connectivity index (χ1v) is 4.40. The summed E-state index contributed by atoms with van der Waals surface area (Å²) in [5.74, 6) is -2.66. The molecule has 0 fully saturated rings. The summed E-state index contributed by atoms with van der Waals surface area (Å²) in [6.45, 7) is 5.87. The number of hydrogen-bond donors (Lipinski definition) is 1. The second-order valence-electron chi connectivity index (χ2n) is 3.12. The Morgan fingerprint density at radius 1 is 1.54 bits per heavy atom. The number of alkyl halides is 2. The molecule has 0 aromatic carbocycles. The molecule has 78 valence electrons. The molecular weight excluding hydrogens is 174 g/mol. The Hall–Kier alpha value is -0.480. The van der Waals surface area contributed by atoms with Gasteiger partial charge in [0.1, 0.15) is 0 Å². The van der Waals surface area contributed by atoms with E-state index in [0.717, 1.165) is 0 Å². The number of nitrogens with zero attached hydrogens (tertiary/aromatic N) is 1. The standard InChI is InChI=1S/C9H18F2N2/c1-4-6-13(3)8-9(10,11)7-12-5-2/h4,12H,1,5-8H2,2-3H3. The number of rotatable bonds is 7. The zero-order valence-electron chi connectivity index (χ0n) is 8.32. The summed E-state index contributed by atoms with van der Waals surface area (Å²) < 4.78 is 26.1. The normalized spacial score (nSPS) is 12.1. The molecule has 0 saturated heterocycles. The fourth-order valence-corrected chi connectivity index (χ4v) is 1.04. The maximum Gasteiger partial charge on any atom is 0.272 e. The molecule has 0 rings (SSSR count). The summed E-state index contributed by atoms with van der Waals surface area (Å²) in [5.41, 5.74) is 0. The van der Waals surface area contributed by atoms with E-state index in [2.05, 4.69) is 11.9 Å². The zero-order chi connectivity index (χ0) is 10.3. The monoisotopic (exact) mass is 192 g/mol. The highest BCUT2D eigenvalue weighted by Crippen LogP contribution is 2.12. The fourth-order valence-electron chi connectivity index (χ4n) is 1.04. The molecule has 0 aliphatic heterocycles. The lowest BCUT2D eigenvalue weighted by molar-refractivity contribution is -0.0221. The lowest BCUT2D eigenvalue weighted by Crippen LogP contribution is -2.42. The van der Waals surface area contributed by atoms with Crippen LogP contribution in [-0.4, -0.2) is 44.0 Å². The topological polar surface area (TPSA) is 15.3 Å². The van der Waals surface area contributed by atoms with E-state index in [0.29, 0.717) is 13.1 Å². The zero-order valence-corrected chi connectivity index (χ0v) is 8.32. The average Bonchev–Trinajstić information content (AvgIpc) is 2.00. The van der Waals surface area contributed by atoms with Gasteiger partial charge in [0.15, 0.2) is 0 Å². The first-order valence-electron chi connectivity index (χ1n) is 4.40. The summed E-state index contributed by atoms with van der Waals surface area (Å²) in [6.07, 6.45) is 1.61. The number of likely N-dealkylation sites (N-methyl/N-ethyl adjacent to an activating group) is 1. The van der Waals surface area contributed by atoms with Crippen LogP contribution in [0.5, 0.6) is 0 Å². The molecule has 0 aromatic heterocycles. The van der Waals surface area contributed by atoms with Crippen molar-refractivity contribution in [3.63, 3.8) is 0 Å². The Labute approximate surface area is 78.6 Å². The lowest BCUT2D eigenvalue weighted by Gasteiger charge is -2.22. The summed E-state index contributed by atoms with van der Waals surface area (Å²) in [5, 5.41) is 2.63. The van der Waals surface area contributed by atoms with Crippen LogP contribution in [0.2, 0.25) is 0 Å². The van der Waals surface area contributed by atoms with Crippen molar-refractivity contribution in [2.75, 3.05) is 33.2 Å². The van der Waals surface area contributed by atoms with Crippen LogP contribution in [0.4, 0.5) is 8.78 Å². The average molecular weight is 192 g/mol. The third-order valence-corrected chi connectivity index (χ3v) is 1.58. The van der Waals surface area contributed by atoms with Gasteiger partial charge in [-0.05, 0) is 13.6 Å². The predicted octanol–water partition coefficient (Wildman–Crippen LogP) is 1.35. The first-order chi connectivity index (χ1) is 6.02. The van der Waals surface area contributed by atoms with Crippen LogP contribution in [-0.2, 0) is 0 Å². The molecule has 0 saturated carbocycles. The van der Waals surface area contributed by atoms with Gasteiger partial charge in [-0.1, -0.05) is 13.0 Å². The van der Waals surface area contributed by atoms with Crippen LogP contribution in [0, 0.1) is 0 Å². The highest BCUT2D eigenvalue weighted by molar-refractivity contribution is 4.77. The molecule has 1 N–H and O–H groups in total. The molecule has 0 radical (unpaired) electrons. The smallest absolute Gasteiger partial charge is 0.272 e. The van der Waals surface area contributed by atoms with Gasteiger partial charge in [0, 0.05) is 6.54 Å². The number of hydrogen-bond acceptors (Lipinski definition) is 2. The Morgan fingerprint density at radius 2 is 2.15 bits per heavy atom. The molecule has 0 heterocycles. The highest BCUT2D eigenvalue weighted by atomic mass is 19.3. The highest BCUT2D eigenvalue weighted by Gasteiger charge is 2.29. The summed E-state index contributed by atoms with van der Waals surface area (Å²) >= 11 is 0. The van der Waals surface area contributed by atoms with E-state index in [1.54, 1.807) is 18.0 Å². The van der Waals surface area contributed by atoms with E-state index < -0.39 is 5.92 Å². The minimum atomic E-state index is -2.66. The van der Waals surface area contributed by atoms with E-state index >= 15 is 0 Å². The van der Waals surface area contributed by atoms with Gasteiger partial charge in [-0.2, -0.15) is 0 Å². The van der Waals surface area contributed by atoms with Gasteiger partial charge in [-0.25, -0.2) is 8.78 Å². The van der Waals surface area contributed by atoms with Crippen LogP contribution < -0.4 is 5.32 Å². The van der Waals surface area contributed by atoms with Crippen molar-refractivity contribution >= 4 is 0 Å². The largest absolute Gasteiger partial charge is 0.311 e. The molecule has 0 aromatic rings. The van der Waals surface area contributed by atoms with Crippen LogP contribution in [0.1, 0.15) is 6.92 Å². The summed E-state index contributed by atoms with van der Waals surface area (Å²) in [6, 6.07) is 0. The van der Waals surface area contributed by atoms with Crippen molar-refractivity contribution < 1.29 is 8.78 Å². The third kappa shape index (κ3) is 6.66. The fraction of sp³-hybridized carbons (Fsp3) is 0.778. The maximum atomic E-state index is 13.0. The van der Waals surface area contributed by atoms with Crippen molar-refractivity contribution in [2.24, 2.45) is 0 Å². The minimum Gasteiger partial charge on any atom is -0.311 e. The molecule has 13 heavy (non-hydrogen) atoms. The molecule has 4 heteroatoms. The van der Waals surface area contributed by atoms with Crippen molar-refractivity contribution in [1.82, 2.24) is 10.2 Å². The molecule has 0 amide bonds. The molecule has 0 unspecified atom stereocenters.